The molecule has 6 heteroatoms. The monoisotopic (exact) mass is 330 g/mol. The van der Waals surface area contributed by atoms with E-state index in [2.05, 4.69) is 28.5 Å². The molecule has 0 atom stereocenters. The van der Waals surface area contributed by atoms with Gasteiger partial charge in [0.05, 0.1) is 10.6 Å². The summed E-state index contributed by atoms with van der Waals surface area (Å²) in [4.78, 5) is 14.7. The predicted octanol–water partition coefficient (Wildman–Crippen LogP) is 4.29. The van der Waals surface area contributed by atoms with Gasteiger partial charge in [0.1, 0.15) is 0 Å². The zero-order valence-electron chi connectivity index (χ0n) is 13.1. The van der Waals surface area contributed by atoms with E-state index in [0.717, 1.165) is 11.3 Å². The van der Waals surface area contributed by atoms with Crippen LogP contribution < -0.4 is 11.1 Å². The molecule has 0 aromatic heterocycles. The minimum Gasteiger partial charge on any atom is -0.369 e. The van der Waals surface area contributed by atoms with E-state index in [1.54, 1.807) is 12.1 Å². The fraction of sp³-hybridized carbons (Fsp3) is 0. The van der Waals surface area contributed by atoms with E-state index >= 15 is 0 Å². The maximum Gasteiger partial charge on any atom is 0.269 e. The van der Waals surface area contributed by atoms with Crippen LogP contribution in [0, 0.1) is 10.1 Å². The number of nitrogens with zero attached hydrogens (tertiary/aromatic N) is 2. The highest BCUT2D eigenvalue weighted by molar-refractivity contribution is 6.08. The Morgan fingerprint density at radius 1 is 1.04 bits per heavy atom. The number of nitro groups is 1. The molecule has 0 heterocycles. The standard InChI is InChI=1S/C19H14N4O2/c20-19(21-14-6-8-15(9-7-14)23(24)25)22-17-11-5-13-3-1-2-12-4-10-16(17)18(12)13/h1-11H,(H3,20,21,22). The van der Waals surface area contributed by atoms with Crippen molar-refractivity contribution in [2.45, 2.75) is 0 Å². The van der Waals surface area contributed by atoms with Gasteiger partial charge in [-0.15, -0.1) is 0 Å². The molecule has 6 nitrogen and oxygen atoms in total. The average Bonchev–Trinajstić information content (AvgIpc) is 3.04. The van der Waals surface area contributed by atoms with Gasteiger partial charge in [-0.2, -0.15) is 0 Å². The van der Waals surface area contributed by atoms with E-state index < -0.39 is 4.92 Å². The topological polar surface area (TPSA) is 93.5 Å². The second kappa shape index (κ2) is 5.76. The van der Waals surface area contributed by atoms with Gasteiger partial charge in [0.2, 0.25) is 0 Å². The molecule has 0 amide bonds. The summed E-state index contributed by atoms with van der Waals surface area (Å²) >= 11 is 0. The van der Waals surface area contributed by atoms with Crippen molar-refractivity contribution in [1.29, 1.82) is 0 Å². The molecule has 0 spiro atoms. The van der Waals surface area contributed by atoms with Crippen molar-refractivity contribution in [3.05, 3.63) is 75.8 Å². The lowest BCUT2D eigenvalue weighted by molar-refractivity contribution is -0.384. The first-order chi connectivity index (χ1) is 12.1. The Balaban J connectivity index is 1.64. The van der Waals surface area contributed by atoms with E-state index in [1.165, 1.54) is 28.5 Å². The SMILES string of the molecule is NC(=Nc1ccc2cccc3c2c1C=C3)Nc1ccc([N+](=O)[O-])cc1. The molecule has 3 aromatic rings. The summed E-state index contributed by atoms with van der Waals surface area (Å²) in [6.45, 7) is 0. The van der Waals surface area contributed by atoms with Gasteiger partial charge in [0.15, 0.2) is 5.96 Å². The van der Waals surface area contributed by atoms with Crippen LogP contribution in [0.1, 0.15) is 11.1 Å². The molecule has 0 saturated carbocycles. The van der Waals surface area contributed by atoms with E-state index in [-0.39, 0.29) is 11.6 Å². The van der Waals surface area contributed by atoms with Gasteiger partial charge in [-0.05, 0) is 34.5 Å². The van der Waals surface area contributed by atoms with Gasteiger partial charge in [-0.25, -0.2) is 4.99 Å². The molecule has 3 aromatic carbocycles. The van der Waals surface area contributed by atoms with Crippen molar-refractivity contribution in [3.63, 3.8) is 0 Å². The van der Waals surface area contributed by atoms with Gasteiger partial charge in [0.25, 0.3) is 5.69 Å². The van der Waals surface area contributed by atoms with Crippen molar-refractivity contribution in [1.82, 2.24) is 0 Å². The summed E-state index contributed by atoms with van der Waals surface area (Å²) in [5.74, 6) is 0.224. The maximum absolute atomic E-state index is 10.7. The van der Waals surface area contributed by atoms with Crippen molar-refractivity contribution in [2.75, 3.05) is 5.32 Å². The second-order valence-corrected chi connectivity index (χ2v) is 5.70. The zero-order valence-corrected chi connectivity index (χ0v) is 13.1. The maximum atomic E-state index is 10.7. The Morgan fingerprint density at radius 3 is 2.60 bits per heavy atom. The molecule has 4 rings (SSSR count). The average molecular weight is 330 g/mol. The molecule has 0 saturated heterocycles. The van der Waals surface area contributed by atoms with Crippen molar-refractivity contribution < 1.29 is 4.92 Å². The number of benzene rings is 3. The lowest BCUT2D eigenvalue weighted by Gasteiger charge is -2.08. The minimum absolute atomic E-state index is 0.0291. The van der Waals surface area contributed by atoms with Gasteiger partial charge >= 0.3 is 0 Å². The van der Waals surface area contributed by atoms with Gasteiger partial charge in [-0.1, -0.05) is 36.4 Å². The predicted molar refractivity (Wildman–Crippen MR) is 101 cm³/mol. The van der Waals surface area contributed by atoms with Crippen LogP contribution in [0.5, 0.6) is 0 Å². The summed E-state index contributed by atoms with van der Waals surface area (Å²) in [5, 5.41) is 16.0. The summed E-state index contributed by atoms with van der Waals surface area (Å²) in [6, 6.07) is 16.2. The molecule has 0 radical (unpaired) electrons. The normalized spacial score (nSPS) is 12.6. The smallest absolute Gasteiger partial charge is 0.269 e. The zero-order chi connectivity index (χ0) is 17.4. The van der Waals surface area contributed by atoms with Gasteiger partial charge < -0.3 is 11.1 Å². The number of anilines is 1. The fourth-order valence-electron chi connectivity index (χ4n) is 2.98. The molecule has 1 aliphatic carbocycles. The largest absolute Gasteiger partial charge is 0.369 e. The Morgan fingerprint density at radius 2 is 1.84 bits per heavy atom. The van der Waals surface area contributed by atoms with Crippen molar-refractivity contribution in [3.8, 4) is 0 Å². The third-order valence-corrected chi connectivity index (χ3v) is 4.12. The third-order valence-electron chi connectivity index (χ3n) is 4.12. The highest BCUT2D eigenvalue weighted by atomic mass is 16.6. The number of rotatable bonds is 3. The molecular formula is C19H14N4O2. The van der Waals surface area contributed by atoms with Crippen molar-refractivity contribution in [2.24, 2.45) is 10.7 Å². The van der Waals surface area contributed by atoms with Gasteiger partial charge in [-0.3, -0.25) is 10.1 Å². The van der Waals surface area contributed by atoms with Crippen LogP contribution in [0.15, 0.2) is 59.6 Å². The summed E-state index contributed by atoms with van der Waals surface area (Å²) in [5.41, 5.74) is 9.66. The lowest BCUT2D eigenvalue weighted by Crippen LogP contribution is -2.21. The highest BCUT2D eigenvalue weighted by Crippen LogP contribution is 2.37. The molecule has 1 aliphatic rings. The summed E-state index contributed by atoms with van der Waals surface area (Å²) < 4.78 is 0. The molecule has 0 fully saturated rings. The molecule has 0 bridgehead atoms. The highest BCUT2D eigenvalue weighted by Gasteiger charge is 2.13. The summed E-state index contributed by atoms with van der Waals surface area (Å²) in [6.07, 6.45) is 4.10. The Bertz CT molecular complexity index is 1050. The van der Waals surface area contributed by atoms with Gasteiger partial charge in [0, 0.05) is 23.4 Å². The minimum atomic E-state index is -0.442. The van der Waals surface area contributed by atoms with Crippen LogP contribution in [-0.4, -0.2) is 10.9 Å². The molecule has 0 aliphatic heterocycles. The van der Waals surface area contributed by atoms with Crippen LogP contribution in [-0.2, 0) is 0 Å². The molecule has 25 heavy (non-hydrogen) atoms. The molecule has 122 valence electrons. The number of hydrogen-bond donors (Lipinski definition) is 2. The molecule has 0 unspecified atom stereocenters. The van der Waals surface area contributed by atoms with E-state index in [9.17, 15) is 10.1 Å². The number of aliphatic imine (C=N–C) groups is 1. The number of nitro benzene ring substituents is 1. The first-order valence-electron chi connectivity index (χ1n) is 7.71. The van der Waals surface area contributed by atoms with E-state index in [4.69, 9.17) is 5.73 Å². The Kier molecular flexibility index (Phi) is 3.43. The lowest BCUT2D eigenvalue weighted by atomic mass is 10.0. The van der Waals surface area contributed by atoms with Crippen molar-refractivity contribution >= 4 is 45.9 Å². The Labute approximate surface area is 143 Å². The molecule has 3 N–H and O–H groups in total. The van der Waals surface area contributed by atoms with Crippen LogP contribution in [0.3, 0.4) is 0 Å². The number of hydrogen-bond acceptors (Lipinski definition) is 3. The first kappa shape index (κ1) is 14.9. The number of guanidine groups is 1. The fourth-order valence-corrected chi connectivity index (χ4v) is 2.98. The number of nitrogens with two attached hydrogens (primary N) is 1. The second-order valence-electron chi connectivity index (χ2n) is 5.70. The number of nitrogens with one attached hydrogen (secondary N) is 1. The quantitative estimate of drug-likeness (QED) is 0.253. The number of non-ortho nitro benzene ring substituents is 1. The molecular weight excluding hydrogens is 316 g/mol. The van der Waals surface area contributed by atoms with E-state index in [0.29, 0.717) is 5.69 Å². The Hall–Kier alpha value is -3.67. The first-order valence-corrected chi connectivity index (χ1v) is 7.71. The third kappa shape index (κ3) is 2.70. The summed E-state index contributed by atoms with van der Waals surface area (Å²) in [7, 11) is 0. The van der Waals surface area contributed by atoms with Crippen LogP contribution in [0.2, 0.25) is 0 Å². The van der Waals surface area contributed by atoms with Crippen LogP contribution in [0.4, 0.5) is 17.1 Å². The van der Waals surface area contributed by atoms with E-state index in [1.807, 2.05) is 24.3 Å². The van der Waals surface area contributed by atoms with Crippen LogP contribution >= 0.6 is 0 Å². The van der Waals surface area contributed by atoms with Crippen LogP contribution in [0.25, 0.3) is 22.9 Å².